The van der Waals surface area contributed by atoms with E-state index in [4.69, 9.17) is 5.73 Å². The first kappa shape index (κ1) is 14.0. The highest BCUT2D eigenvalue weighted by Crippen LogP contribution is 2.25. The molecule has 0 unspecified atom stereocenters. The summed E-state index contributed by atoms with van der Waals surface area (Å²) in [4.78, 5) is 11.8. The predicted octanol–water partition coefficient (Wildman–Crippen LogP) is 2.15. The van der Waals surface area contributed by atoms with Gasteiger partial charge in [-0.25, -0.2) is 4.39 Å². The van der Waals surface area contributed by atoms with Crippen LogP contribution in [0, 0.1) is 5.82 Å². The molecule has 4 heteroatoms. The number of hydrogen-bond acceptors (Lipinski definition) is 2. The monoisotopic (exact) mass is 264 g/mol. The Morgan fingerprint density at radius 1 is 1.32 bits per heavy atom. The van der Waals surface area contributed by atoms with Crippen LogP contribution < -0.4 is 11.1 Å². The fourth-order valence-corrected chi connectivity index (χ4v) is 2.60. The van der Waals surface area contributed by atoms with E-state index in [2.05, 4.69) is 5.32 Å². The number of halogens is 1. The van der Waals surface area contributed by atoms with Crippen LogP contribution in [0.25, 0.3) is 0 Å². The molecule has 1 amide bonds. The van der Waals surface area contributed by atoms with E-state index in [1.165, 1.54) is 18.6 Å². The number of rotatable bonds is 4. The first-order valence-electron chi connectivity index (χ1n) is 6.87. The topological polar surface area (TPSA) is 55.1 Å². The van der Waals surface area contributed by atoms with E-state index in [1.807, 2.05) is 0 Å². The molecule has 3 nitrogen and oxygen atoms in total. The number of nitrogens with one attached hydrogen (secondary N) is 1. The lowest BCUT2D eigenvalue weighted by Crippen LogP contribution is -2.51. The number of nitrogens with two attached hydrogens (primary N) is 1. The quantitative estimate of drug-likeness (QED) is 0.875. The Balaban J connectivity index is 1.81. The minimum Gasteiger partial charge on any atom is -0.354 e. The van der Waals surface area contributed by atoms with Gasteiger partial charge in [0, 0.05) is 12.1 Å². The summed E-state index contributed by atoms with van der Waals surface area (Å²) in [5.74, 6) is -0.408. The fourth-order valence-electron chi connectivity index (χ4n) is 2.60. The highest BCUT2D eigenvalue weighted by atomic mass is 19.1. The molecule has 0 heterocycles. The summed E-state index contributed by atoms with van der Waals surface area (Å²) in [7, 11) is 0. The van der Waals surface area contributed by atoms with Crippen molar-refractivity contribution in [2.24, 2.45) is 5.73 Å². The molecular formula is C15H21FN2O. The maximum Gasteiger partial charge on any atom is 0.224 e. The van der Waals surface area contributed by atoms with E-state index in [0.717, 1.165) is 25.7 Å². The van der Waals surface area contributed by atoms with Crippen LogP contribution in [0.5, 0.6) is 0 Å². The van der Waals surface area contributed by atoms with Crippen LogP contribution in [0.3, 0.4) is 0 Å². The molecule has 104 valence electrons. The van der Waals surface area contributed by atoms with Gasteiger partial charge in [-0.15, -0.1) is 0 Å². The largest absolute Gasteiger partial charge is 0.354 e. The van der Waals surface area contributed by atoms with Gasteiger partial charge in [-0.1, -0.05) is 31.4 Å². The zero-order chi connectivity index (χ0) is 13.7. The smallest absolute Gasteiger partial charge is 0.224 e. The minimum atomic E-state index is -0.312. The summed E-state index contributed by atoms with van der Waals surface area (Å²) in [6, 6.07) is 6.13. The van der Waals surface area contributed by atoms with Crippen LogP contribution in [0.1, 0.15) is 37.7 Å². The summed E-state index contributed by atoms with van der Waals surface area (Å²) in [6.45, 7) is 0.515. The molecule has 0 atom stereocenters. The van der Waals surface area contributed by atoms with Gasteiger partial charge >= 0.3 is 0 Å². The van der Waals surface area contributed by atoms with E-state index < -0.39 is 0 Å². The average Bonchev–Trinajstić information content (AvgIpc) is 2.38. The lowest BCUT2D eigenvalue weighted by atomic mass is 9.82. The molecule has 19 heavy (non-hydrogen) atoms. The maximum atomic E-state index is 13.0. The number of carbonyl (C=O) groups is 1. The van der Waals surface area contributed by atoms with Crippen molar-refractivity contribution in [1.29, 1.82) is 0 Å². The summed E-state index contributed by atoms with van der Waals surface area (Å²) in [6.07, 6.45) is 5.64. The molecule has 0 spiro atoms. The third-order valence-corrected chi connectivity index (χ3v) is 3.74. The van der Waals surface area contributed by atoms with Crippen LogP contribution in [-0.4, -0.2) is 18.0 Å². The summed E-state index contributed by atoms with van der Waals surface area (Å²) >= 11 is 0. The van der Waals surface area contributed by atoms with E-state index in [-0.39, 0.29) is 23.7 Å². The highest BCUT2D eigenvalue weighted by Gasteiger charge is 2.27. The second-order valence-electron chi connectivity index (χ2n) is 5.51. The van der Waals surface area contributed by atoms with Gasteiger partial charge < -0.3 is 11.1 Å². The Hall–Kier alpha value is -1.42. The second kappa shape index (κ2) is 6.15. The molecule has 0 bridgehead atoms. The molecule has 1 aliphatic rings. The molecule has 3 N–H and O–H groups in total. The van der Waals surface area contributed by atoms with Crippen LogP contribution >= 0.6 is 0 Å². The number of benzene rings is 1. The molecule has 1 aromatic rings. The molecule has 2 rings (SSSR count). The van der Waals surface area contributed by atoms with Crippen LogP contribution in [-0.2, 0) is 11.2 Å². The Morgan fingerprint density at radius 3 is 2.74 bits per heavy atom. The van der Waals surface area contributed by atoms with Gasteiger partial charge in [-0.3, -0.25) is 4.79 Å². The molecule has 1 saturated carbocycles. The van der Waals surface area contributed by atoms with E-state index in [1.54, 1.807) is 12.1 Å². The van der Waals surface area contributed by atoms with E-state index in [9.17, 15) is 9.18 Å². The third kappa shape index (κ3) is 4.31. The molecule has 1 aromatic carbocycles. The van der Waals surface area contributed by atoms with Crippen molar-refractivity contribution in [3.8, 4) is 0 Å². The molecule has 1 fully saturated rings. The molecule has 1 aliphatic carbocycles. The van der Waals surface area contributed by atoms with Crippen molar-refractivity contribution in [3.63, 3.8) is 0 Å². The highest BCUT2D eigenvalue weighted by molar-refractivity contribution is 5.78. The van der Waals surface area contributed by atoms with Gasteiger partial charge in [0.1, 0.15) is 5.82 Å². The van der Waals surface area contributed by atoms with Gasteiger partial charge in [-0.2, -0.15) is 0 Å². The minimum absolute atomic E-state index is 0.0963. The third-order valence-electron chi connectivity index (χ3n) is 3.74. The zero-order valence-electron chi connectivity index (χ0n) is 11.1. The molecule has 0 aliphatic heterocycles. The van der Waals surface area contributed by atoms with Gasteiger partial charge in [0.2, 0.25) is 5.91 Å². The summed E-state index contributed by atoms with van der Waals surface area (Å²) in [5, 5.41) is 2.87. The maximum absolute atomic E-state index is 13.0. The molecular weight excluding hydrogens is 243 g/mol. The zero-order valence-corrected chi connectivity index (χ0v) is 11.1. The van der Waals surface area contributed by atoms with Gasteiger partial charge in [0.15, 0.2) is 0 Å². The van der Waals surface area contributed by atoms with Gasteiger partial charge in [0.25, 0.3) is 0 Å². The SMILES string of the molecule is NC1(CNC(=O)Cc2cccc(F)c2)CCCCC1. The van der Waals surface area contributed by atoms with Crippen LogP contribution in [0.4, 0.5) is 4.39 Å². The Bertz CT molecular complexity index is 442. The first-order chi connectivity index (χ1) is 9.07. The van der Waals surface area contributed by atoms with Crippen LogP contribution in [0.2, 0.25) is 0 Å². The van der Waals surface area contributed by atoms with Crippen molar-refractivity contribution in [2.75, 3.05) is 6.54 Å². The normalized spacial score (nSPS) is 18.0. The predicted molar refractivity (Wildman–Crippen MR) is 73.1 cm³/mol. The van der Waals surface area contributed by atoms with Crippen molar-refractivity contribution < 1.29 is 9.18 Å². The molecule has 0 saturated heterocycles. The number of carbonyl (C=O) groups excluding carboxylic acids is 1. The van der Waals surface area contributed by atoms with E-state index in [0.29, 0.717) is 12.1 Å². The second-order valence-corrected chi connectivity index (χ2v) is 5.51. The Morgan fingerprint density at radius 2 is 2.05 bits per heavy atom. The standard InChI is InChI=1S/C15H21FN2O/c16-13-6-4-5-12(9-13)10-14(19)18-11-15(17)7-2-1-3-8-15/h4-6,9H,1-3,7-8,10-11,17H2,(H,18,19). The van der Waals surface area contributed by atoms with Crippen molar-refractivity contribution in [3.05, 3.63) is 35.6 Å². The molecule has 0 aromatic heterocycles. The molecule has 0 radical (unpaired) electrons. The summed E-state index contributed by atoms with van der Waals surface area (Å²) in [5.41, 5.74) is 6.68. The van der Waals surface area contributed by atoms with Crippen molar-refractivity contribution in [1.82, 2.24) is 5.32 Å². The van der Waals surface area contributed by atoms with Gasteiger partial charge in [-0.05, 0) is 30.5 Å². The fraction of sp³-hybridized carbons (Fsp3) is 0.533. The first-order valence-corrected chi connectivity index (χ1v) is 6.87. The number of amides is 1. The van der Waals surface area contributed by atoms with Crippen LogP contribution in [0.15, 0.2) is 24.3 Å². The number of hydrogen-bond donors (Lipinski definition) is 2. The Labute approximate surface area is 113 Å². The summed E-state index contributed by atoms with van der Waals surface area (Å²) < 4.78 is 13.0. The Kier molecular flexibility index (Phi) is 4.53. The average molecular weight is 264 g/mol. The lowest BCUT2D eigenvalue weighted by Gasteiger charge is -2.33. The lowest BCUT2D eigenvalue weighted by molar-refractivity contribution is -0.120. The van der Waals surface area contributed by atoms with Crippen molar-refractivity contribution in [2.45, 2.75) is 44.1 Å². The van der Waals surface area contributed by atoms with E-state index >= 15 is 0 Å². The van der Waals surface area contributed by atoms with Gasteiger partial charge in [0.05, 0.1) is 6.42 Å². The van der Waals surface area contributed by atoms with Crippen molar-refractivity contribution >= 4 is 5.91 Å².